The van der Waals surface area contributed by atoms with Crippen molar-refractivity contribution in [1.82, 2.24) is 15.1 Å². The fourth-order valence-electron chi connectivity index (χ4n) is 2.22. The van der Waals surface area contributed by atoms with Crippen LogP contribution in [0.4, 0.5) is 0 Å². The van der Waals surface area contributed by atoms with Crippen LogP contribution in [0.2, 0.25) is 0 Å². The van der Waals surface area contributed by atoms with Gasteiger partial charge in [0.05, 0.1) is 26.6 Å². The monoisotopic (exact) mass is 254 g/mol. The molecule has 5 nitrogen and oxygen atoms in total. The SMILES string of the molecule is CC(C)(C)C1=NCN(CCN2CCOCC2)CN1. The van der Waals surface area contributed by atoms with Crippen molar-refractivity contribution in [3.8, 4) is 0 Å². The molecule has 0 unspecified atom stereocenters. The molecule has 0 saturated carbocycles. The lowest BCUT2D eigenvalue weighted by Gasteiger charge is -2.34. The van der Waals surface area contributed by atoms with Gasteiger partial charge >= 0.3 is 0 Å². The average Bonchev–Trinajstić information content (AvgIpc) is 2.37. The predicted octanol–water partition coefficient (Wildman–Crippen LogP) is 0.583. The Balaban J connectivity index is 1.71. The highest BCUT2D eigenvalue weighted by molar-refractivity contribution is 5.87. The van der Waals surface area contributed by atoms with Crippen molar-refractivity contribution in [2.45, 2.75) is 20.8 Å². The number of hydrogen-bond donors (Lipinski definition) is 1. The Labute approximate surface area is 110 Å². The van der Waals surface area contributed by atoms with Gasteiger partial charge in [-0.25, -0.2) is 0 Å². The van der Waals surface area contributed by atoms with Crippen LogP contribution in [-0.4, -0.2) is 68.4 Å². The number of hydrogen-bond acceptors (Lipinski definition) is 5. The summed E-state index contributed by atoms with van der Waals surface area (Å²) in [5.41, 5.74) is 0.135. The molecule has 1 N–H and O–H groups in total. The molecule has 1 fully saturated rings. The lowest BCUT2D eigenvalue weighted by molar-refractivity contribution is 0.0330. The van der Waals surface area contributed by atoms with Gasteiger partial charge in [0, 0.05) is 31.6 Å². The maximum Gasteiger partial charge on any atom is 0.104 e. The molecule has 5 heteroatoms. The van der Waals surface area contributed by atoms with Gasteiger partial charge in [0.15, 0.2) is 0 Å². The van der Waals surface area contributed by atoms with E-state index >= 15 is 0 Å². The van der Waals surface area contributed by atoms with Crippen LogP contribution in [0.25, 0.3) is 0 Å². The fraction of sp³-hybridized carbons (Fsp3) is 0.923. The van der Waals surface area contributed by atoms with E-state index in [1.165, 1.54) is 0 Å². The van der Waals surface area contributed by atoms with Crippen LogP contribution in [0.15, 0.2) is 4.99 Å². The van der Waals surface area contributed by atoms with Crippen LogP contribution in [0.3, 0.4) is 0 Å². The van der Waals surface area contributed by atoms with Crippen molar-refractivity contribution < 1.29 is 4.74 Å². The second-order valence-electron chi connectivity index (χ2n) is 6.08. The van der Waals surface area contributed by atoms with E-state index in [2.05, 4.69) is 40.9 Å². The second-order valence-corrected chi connectivity index (χ2v) is 6.08. The summed E-state index contributed by atoms with van der Waals surface area (Å²) in [5, 5.41) is 3.43. The van der Waals surface area contributed by atoms with Gasteiger partial charge in [0.25, 0.3) is 0 Å². The summed E-state index contributed by atoms with van der Waals surface area (Å²) < 4.78 is 5.35. The van der Waals surface area contributed by atoms with Crippen LogP contribution in [-0.2, 0) is 4.74 Å². The third-order valence-electron chi connectivity index (χ3n) is 3.45. The molecule has 0 aromatic heterocycles. The van der Waals surface area contributed by atoms with Crippen molar-refractivity contribution >= 4 is 5.84 Å². The lowest BCUT2D eigenvalue weighted by Crippen LogP contribution is -2.50. The van der Waals surface area contributed by atoms with E-state index in [-0.39, 0.29) is 5.41 Å². The summed E-state index contributed by atoms with van der Waals surface area (Å²) in [4.78, 5) is 9.45. The molecule has 0 amide bonds. The summed E-state index contributed by atoms with van der Waals surface area (Å²) in [7, 11) is 0. The van der Waals surface area contributed by atoms with Gasteiger partial charge in [0.2, 0.25) is 0 Å². The van der Waals surface area contributed by atoms with Crippen LogP contribution < -0.4 is 5.32 Å². The molecular formula is C13H26N4O. The topological polar surface area (TPSA) is 40.1 Å². The number of nitrogens with zero attached hydrogens (tertiary/aromatic N) is 3. The van der Waals surface area contributed by atoms with E-state index in [4.69, 9.17) is 4.74 Å². The van der Waals surface area contributed by atoms with Gasteiger partial charge in [0.1, 0.15) is 5.84 Å². The highest BCUT2D eigenvalue weighted by Crippen LogP contribution is 2.16. The number of morpholine rings is 1. The van der Waals surface area contributed by atoms with Gasteiger partial charge in [-0.1, -0.05) is 20.8 Å². The van der Waals surface area contributed by atoms with E-state index in [9.17, 15) is 0 Å². The summed E-state index contributed by atoms with van der Waals surface area (Å²) in [6.07, 6.45) is 0. The Bertz CT molecular complexity index is 292. The van der Waals surface area contributed by atoms with Gasteiger partial charge in [-0.3, -0.25) is 14.8 Å². The number of aliphatic imine (C=N–C) groups is 1. The Kier molecular flexibility index (Phi) is 4.59. The Hall–Kier alpha value is -0.650. The molecule has 2 aliphatic heterocycles. The first-order valence-corrected chi connectivity index (χ1v) is 6.87. The van der Waals surface area contributed by atoms with Gasteiger partial charge in [-0.2, -0.15) is 0 Å². The minimum atomic E-state index is 0.135. The molecule has 2 rings (SSSR count). The summed E-state index contributed by atoms with van der Waals surface area (Å²) >= 11 is 0. The zero-order valence-corrected chi connectivity index (χ0v) is 11.9. The molecule has 1 saturated heterocycles. The van der Waals surface area contributed by atoms with E-state index < -0.39 is 0 Å². The van der Waals surface area contributed by atoms with E-state index in [0.717, 1.165) is 58.6 Å². The Morgan fingerprint density at radius 2 is 1.83 bits per heavy atom. The summed E-state index contributed by atoms with van der Waals surface area (Å²) in [6, 6.07) is 0. The number of rotatable bonds is 3. The Morgan fingerprint density at radius 3 is 2.39 bits per heavy atom. The van der Waals surface area contributed by atoms with Gasteiger partial charge in [-0.05, 0) is 0 Å². The zero-order chi connectivity index (χ0) is 13.0. The molecule has 18 heavy (non-hydrogen) atoms. The van der Waals surface area contributed by atoms with E-state index in [1.54, 1.807) is 0 Å². The molecule has 2 aliphatic rings. The number of amidine groups is 1. The molecule has 0 aliphatic carbocycles. The maximum absolute atomic E-state index is 5.35. The largest absolute Gasteiger partial charge is 0.379 e. The maximum atomic E-state index is 5.35. The first-order chi connectivity index (χ1) is 8.55. The van der Waals surface area contributed by atoms with E-state index in [0.29, 0.717) is 0 Å². The summed E-state index contributed by atoms with van der Waals surface area (Å²) in [5.74, 6) is 1.13. The highest BCUT2D eigenvalue weighted by Gasteiger charge is 2.22. The number of ether oxygens (including phenoxy) is 1. The Morgan fingerprint density at radius 1 is 1.17 bits per heavy atom. The highest BCUT2D eigenvalue weighted by atomic mass is 16.5. The molecule has 0 spiro atoms. The third kappa shape index (κ3) is 3.93. The van der Waals surface area contributed by atoms with Crippen LogP contribution in [0, 0.1) is 5.41 Å². The zero-order valence-electron chi connectivity index (χ0n) is 11.9. The van der Waals surface area contributed by atoms with Crippen LogP contribution in [0.5, 0.6) is 0 Å². The smallest absolute Gasteiger partial charge is 0.104 e. The molecule has 0 aromatic carbocycles. The molecule has 104 valence electrons. The molecule has 0 aromatic rings. The van der Waals surface area contributed by atoms with Crippen LogP contribution in [0.1, 0.15) is 20.8 Å². The van der Waals surface area contributed by atoms with E-state index in [1.807, 2.05) is 0 Å². The predicted molar refractivity (Wildman–Crippen MR) is 73.7 cm³/mol. The molecular weight excluding hydrogens is 228 g/mol. The minimum absolute atomic E-state index is 0.135. The van der Waals surface area contributed by atoms with Gasteiger partial charge in [-0.15, -0.1) is 0 Å². The minimum Gasteiger partial charge on any atom is -0.379 e. The molecule has 0 radical (unpaired) electrons. The second kappa shape index (κ2) is 5.99. The molecule has 0 bridgehead atoms. The lowest BCUT2D eigenvalue weighted by atomic mass is 9.95. The molecule has 2 heterocycles. The fourth-order valence-corrected chi connectivity index (χ4v) is 2.22. The number of nitrogens with one attached hydrogen (secondary N) is 1. The van der Waals surface area contributed by atoms with Crippen molar-refractivity contribution in [3.63, 3.8) is 0 Å². The quantitative estimate of drug-likeness (QED) is 0.800. The van der Waals surface area contributed by atoms with Crippen molar-refractivity contribution in [3.05, 3.63) is 0 Å². The molecule has 0 atom stereocenters. The standard InChI is InChI=1S/C13H26N4O/c1-13(2,3)12-14-10-17(11-15-12)5-4-16-6-8-18-9-7-16/h4-11H2,1-3H3,(H,14,15). The average molecular weight is 254 g/mol. The van der Waals surface area contributed by atoms with Crippen LogP contribution >= 0.6 is 0 Å². The summed E-state index contributed by atoms with van der Waals surface area (Å²) in [6.45, 7) is 14.4. The third-order valence-corrected chi connectivity index (χ3v) is 3.45. The van der Waals surface area contributed by atoms with Gasteiger partial charge < -0.3 is 10.1 Å². The first-order valence-electron chi connectivity index (χ1n) is 6.87. The normalized spacial score (nSPS) is 23.6. The van der Waals surface area contributed by atoms with Crippen molar-refractivity contribution in [2.75, 3.05) is 52.7 Å². The van der Waals surface area contributed by atoms with Crippen molar-refractivity contribution in [1.29, 1.82) is 0 Å². The first kappa shape index (κ1) is 13.8. The van der Waals surface area contributed by atoms with Crippen molar-refractivity contribution in [2.24, 2.45) is 10.4 Å².